The fourth-order valence-corrected chi connectivity index (χ4v) is 4.10. The molecule has 0 amide bonds. The topological polar surface area (TPSA) is 87.2 Å². The highest BCUT2D eigenvalue weighted by molar-refractivity contribution is 7.89. The molecule has 1 aromatic carbocycles. The summed E-state index contributed by atoms with van der Waals surface area (Å²) in [5, 5.41) is 8.94. The van der Waals surface area contributed by atoms with Gasteiger partial charge in [-0.25, -0.2) is 8.42 Å². The van der Waals surface area contributed by atoms with Crippen molar-refractivity contribution in [2.45, 2.75) is 38.1 Å². The van der Waals surface area contributed by atoms with Gasteiger partial charge < -0.3 is 5.73 Å². The largest absolute Gasteiger partial charge is 0.398 e. The number of hydrogen-bond acceptors (Lipinski definition) is 4. The third-order valence-corrected chi connectivity index (χ3v) is 5.39. The molecule has 5 nitrogen and oxygen atoms in total. The molecule has 0 aliphatic rings. The monoisotopic (exact) mass is 315 g/mol. The van der Waals surface area contributed by atoms with Crippen LogP contribution < -0.4 is 5.73 Å². The highest BCUT2D eigenvalue weighted by Gasteiger charge is 2.29. The maximum Gasteiger partial charge on any atom is 0.243 e. The molecule has 20 heavy (non-hydrogen) atoms. The molecule has 0 saturated heterocycles. The lowest BCUT2D eigenvalue weighted by Crippen LogP contribution is -2.38. The summed E-state index contributed by atoms with van der Waals surface area (Å²) in [6.45, 7) is 5.31. The van der Waals surface area contributed by atoms with E-state index < -0.39 is 10.0 Å². The lowest BCUT2D eigenvalue weighted by Gasteiger charge is -2.26. The molecule has 0 unspecified atom stereocenters. The molecule has 0 atom stereocenters. The number of sulfonamides is 1. The van der Waals surface area contributed by atoms with Crippen molar-refractivity contribution in [2.75, 3.05) is 12.3 Å². The Morgan fingerprint density at radius 2 is 2.05 bits per heavy atom. The maximum atomic E-state index is 12.7. The molecule has 0 aliphatic carbocycles. The first kappa shape index (κ1) is 16.8. The predicted octanol–water partition coefficient (Wildman–Crippen LogP) is 2.54. The lowest BCUT2D eigenvalue weighted by atomic mass is 10.2. The molecule has 7 heteroatoms. The third kappa shape index (κ3) is 3.42. The van der Waals surface area contributed by atoms with Crippen LogP contribution in [0.2, 0.25) is 5.02 Å². The number of hydrogen-bond donors (Lipinski definition) is 1. The second-order valence-corrected chi connectivity index (χ2v) is 7.03. The van der Waals surface area contributed by atoms with Crippen LogP contribution in [0.4, 0.5) is 5.69 Å². The number of rotatable bonds is 5. The van der Waals surface area contributed by atoms with E-state index >= 15 is 0 Å². The van der Waals surface area contributed by atoms with Gasteiger partial charge >= 0.3 is 0 Å². The van der Waals surface area contributed by atoms with Gasteiger partial charge in [-0.05, 0) is 38.5 Å². The van der Waals surface area contributed by atoms with Crippen LogP contribution in [0.25, 0.3) is 0 Å². The summed E-state index contributed by atoms with van der Waals surface area (Å²) in [5.74, 6) is 0. The molecular weight excluding hydrogens is 298 g/mol. The molecule has 1 aromatic rings. The smallest absolute Gasteiger partial charge is 0.243 e. The molecule has 1 rings (SSSR count). The Bertz CT molecular complexity index is 636. The Kier molecular flexibility index (Phi) is 5.40. The lowest BCUT2D eigenvalue weighted by molar-refractivity contribution is 0.360. The molecule has 0 bridgehead atoms. The number of nitriles is 1. The number of nitrogen functional groups attached to an aromatic ring is 1. The predicted molar refractivity (Wildman–Crippen MR) is 79.9 cm³/mol. The second kappa shape index (κ2) is 6.44. The Balaban J connectivity index is 3.38. The van der Waals surface area contributed by atoms with Gasteiger partial charge in [0.05, 0.1) is 11.0 Å². The van der Waals surface area contributed by atoms with Crippen LogP contribution in [0, 0.1) is 18.3 Å². The van der Waals surface area contributed by atoms with Crippen molar-refractivity contribution >= 4 is 27.3 Å². The van der Waals surface area contributed by atoms with E-state index in [1.807, 2.05) is 6.07 Å². The van der Waals surface area contributed by atoms with Gasteiger partial charge in [-0.3, -0.25) is 0 Å². The zero-order chi connectivity index (χ0) is 15.5. The molecular formula is C13H18ClN3O2S. The van der Waals surface area contributed by atoms with Gasteiger partial charge in [-0.2, -0.15) is 9.57 Å². The molecule has 0 spiro atoms. The Labute approximate surface area is 125 Å². The van der Waals surface area contributed by atoms with Crippen LogP contribution in [-0.4, -0.2) is 25.3 Å². The molecule has 0 aromatic heterocycles. The van der Waals surface area contributed by atoms with Crippen LogP contribution in [0.3, 0.4) is 0 Å². The van der Waals surface area contributed by atoms with E-state index in [1.165, 1.54) is 16.4 Å². The van der Waals surface area contributed by atoms with Crippen molar-refractivity contribution in [3.8, 4) is 6.07 Å². The summed E-state index contributed by atoms with van der Waals surface area (Å²) in [5.41, 5.74) is 6.58. The van der Waals surface area contributed by atoms with Crippen LogP contribution in [0.15, 0.2) is 17.0 Å². The number of halogens is 1. The van der Waals surface area contributed by atoms with Gasteiger partial charge in [0.1, 0.15) is 0 Å². The number of nitrogens with zero attached hydrogens (tertiary/aromatic N) is 2. The quantitative estimate of drug-likeness (QED) is 0.846. The average molecular weight is 316 g/mol. The van der Waals surface area contributed by atoms with E-state index in [0.29, 0.717) is 11.3 Å². The van der Waals surface area contributed by atoms with Gasteiger partial charge in [-0.1, -0.05) is 11.6 Å². The van der Waals surface area contributed by atoms with Crippen molar-refractivity contribution in [1.82, 2.24) is 4.31 Å². The summed E-state index contributed by atoms with van der Waals surface area (Å²) in [4.78, 5) is 0.0918. The average Bonchev–Trinajstić information content (AvgIpc) is 2.33. The first-order valence-electron chi connectivity index (χ1n) is 6.16. The second-order valence-electron chi connectivity index (χ2n) is 4.74. The van der Waals surface area contributed by atoms with Crippen LogP contribution >= 0.6 is 11.6 Å². The van der Waals surface area contributed by atoms with Crippen LogP contribution in [-0.2, 0) is 10.0 Å². The molecule has 110 valence electrons. The Morgan fingerprint density at radius 1 is 1.45 bits per heavy atom. The van der Waals surface area contributed by atoms with Gasteiger partial charge in [0.25, 0.3) is 0 Å². The van der Waals surface area contributed by atoms with Gasteiger partial charge in [0.15, 0.2) is 0 Å². The zero-order valence-corrected chi connectivity index (χ0v) is 13.3. The number of benzene rings is 1. The van der Waals surface area contributed by atoms with E-state index in [0.717, 1.165) is 0 Å². The van der Waals surface area contributed by atoms with E-state index in [2.05, 4.69) is 0 Å². The molecule has 2 N–H and O–H groups in total. The minimum atomic E-state index is -3.73. The SMILES string of the molecule is Cc1c(N)cc(Cl)cc1S(=O)(=O)N(CCC#N)C(C)C. The molecule has 0 radical (unpaired) electrons. The zero-order valence-electron chi connectivity index (χ0n) is 11.7. The fraction of sp³-hybridized carbons (Fsp3) is 0.462. The minimum Gasteiger partial charge on any atom is -0.398 e. The van der Waals surface area contributed by atoms with E-state index in [4.69, 9.17) is 22.6 Å². The Hall–Kier alpha value is -1.29. The highest BCUT2D eigenvalue weighted by Crippen LogP contribution is 2.29. The van der Waals surface area contributed by atoms with Gasteiger partial charge in [0.2, 0.25) is 10.0 Å². The Morgan fingerprint density at radius 3 is 2.55 bits per heavy atom. The highest BCUT2D eigenvalue weighted by atomic mass is 35.5. The number of nitrogens with two attached hydrogens (primary N) is 1. The molecule has 0 aliphatic heterocycles. The molecule has 0 saturated carbocycles. The third-order valence-electron chi connectivity index (χ3n) is 2.97. The van der Waals surface area contributed by atoms with Gasteiger partial charge in [-0.15, -0.1) is 0 Å². The van der Waals surface area contributed by atoms with Gasteiger partial charge in [0, 0.05) is 29.7 Å². The standard InChI is InChI=1S/C13H18ClN3O2S/c1-9(2)17(6-4-5-15)20(18,19)13-8-11(14)7-12(16)10(13)3/h7-9H,4,6,16H2,1-3H3. The van der Waals surface area contributed by atoms with Crippen LogP contribution in [0.1, 0.15) is 25.8 Å². The first-order valence-corrected chi connectivity index (χ1v) is 7.98. The van der Waals surface area contributed by atoms with E-state index in [1.54, 1.807) is 20.8 Å². The van der Waals surface area contributed by atoms with E-state index in [-0.39, 0.29) is 28.9 Å². The maximum absolute atomic E-state index is 12.7. The molecule has 0 fully saturated rings. The normalized spacial score (nSPS) is 11.8. The summed E-state index contributed by atoms with van der Waals surface area (Å²) in [7, 11) is -3.73. The van der Waals surface area contributed by atoms with Crippen LogP contribution in [0.5, 0.6) is 0 Å². The van der Waals surface area contributed by atoms with Crippen molar-refractivity contribution in [3.05, 3.63) is 22.7 Å². The first-order chi connectivity index (χ1) is 9.21. The van der Waals surface area contributed by atoms with Crippen molar-refractivity contribution in [1.29, 1.82) is 5.26 Å². The van der Waals surface area contributed by atoms with Crippen molar-refractivity contribution < 1.29 is 8.42 Å². The molecule has 0 heterocycles. The minimum absolute atomic E-state index is 0.0918. The summed E-state index contributed by atoms with van der Waals surface area (Å²) in [6.07, 6.45) is 0.131. The summed E-state index contributed by atoms with van der Waals surface area (Å²) in [6, 6.07) is 4.61. The van der Waals surface area contributed by atoms with E-state index in [9.17, 15) is 8.42 Å². The summed E-state index contributed by atoms with van der Waals surface area (Å²) < 4.78 is 26.7. The van der Waals surface area contributed by atoms with Crippen molar-refractivity contribution in [3.63, 3.8) is 0 Å². The summed E-state index contributed by atoms with van der Waals surface area (Å²) >= 11 is 5.90. The fourth-order valence-electron chi connectivity index (χ4n) is 1.88. The van der Waals surface area contributed by atoms with Crippen molar-refractivity contribution in [2.24, 2.45) is 0 Å². The number of anilines is 1.